The fraction of sp³-hybridized carbons (Fsp3) is 0.273. The van der Waals surface area contributed by atoms with Crippen molar-refractivity contribution in [2.45, 2.75) is 25.4 Å². The number of carbonyl (C=O) groups excluding carboxylic acids is 2. The third kappa shape index (κ3) is 3.23. The van der Waals surface area contributed by atoms with Crippen LogP contribution in [0.4, 0.5) is 0 Å². The summed E-state index contributed by atoms with van der Waals surface area (Å²) in [5, 5.41) is 4.36. The summed E-state index contributed by atoms with van der Waals surface area (Å²) >= 11 is 6.41. The van der Waals surface area contributed by atoms with Gasteiger partial charge in [-0.1, -0.05) is 35.9 Å². The van der Waals surface area contributed by atoms with Crippen LogP contribution < -0.4 is 5.32 Å². The van der Waals surface area contributed by atoms with Crippen molar-refractivity contribution in [2.75, 3.05) is 13.6 Å². The van der Waals surface area contributed by atoms with Gasteiger partial charge in [0, 0.05) is 31.5 Å². The number of rotatable bonds is 4. The van der Waals surface area contributed by atoms with Crippen LogP contribution in [0, 0.1) is 0 Å². The van der Waals surface area contributed by atoms with Gasteiger partial charge in [0.25, 0.3) is 0 Å². The monoisotopic (exact) mass is 409 g/mol. The molecule has 29 heavy (non-hydrogen) atoms. The molecule has 148 valence electrons. The molecule has 1 N–H and O–H groups in total. The van der Waals surface area contributed by atoms with Gasteiger partial charge in [-0.15, -0.1) is 0 Å². The average molecular weight is 410 g/mol. The van der Waals surface area contributed by atoms with E-state index in [0.29, 0.717) is 29.3 Å². The number of hydrogen-bond donors (Lipinski definition) is 1. The lowest BCUT2D eigenvalue weighted by Crippen LogP contribution is -2.33. The van der Waals surface area contributed by atoms with Crippen LogP contribution in [0.5, 0.6) is 0 Å². The Labute approximate surface area is 173 Å². The van der Waals surface area contributed by atoms with Crippen molar-refractivity contribution in [1.82, 2.24) is 15.1 Å². The van der Waals surface area contributed by atoms with Gasteiger partial charge in [-0.2, -0.15) is 0 Å². The molecule has 2 aromatic rings. The Morgan fingerprint density at radius 1 is 1.38 bits per heavy atom. The van der Waals surface area contributed by atoms with E-state index in [1.54, 1.807) is 18.0 Å². The van der Waals surface area contributed by atoms with Gasteiger partial charge in [-0.05, 0) is 29.7 Å². The van der Waals surface area contributed by atoms with Gasteiger partial charge in [0.15, 0.2) is 0 Å². The molecule has 1 fully saturated rings. The van der Waals surface area contributed by atoms with E-state index >= 15 is 0 Å². The number of para-hydroxylation sites is 1. The van der Waals surface area contributed by atoms with Crippen molar-refractivity contribution >= 4 is 34.4 Å². The summed E-state index contributed by atoms with van der Waals surface area (Å²) in [6, 6.07) is 7.80. The maximum absolute atomic E-state index is 12.6. The summed E-state index contributed by atoms with van der Waals surface area (Å²) in [6.07, 6.45) is 6.81. The molecule has 3 aliphatic rings. The van der Waals surface area contributed by atoms with E-state index in [2.05, 4.69) is 16.3 Å². The lowest BCUT2D eigenvalue weighted by atomic mass is 9.99. The van der Waals surface area contributed by atoms with Gasteiger partial charge in [0.05, 0.1) is 17.6 Å². The third-order valence-corrected chi connectivity index (χ3v) is 6.00. The van der Waals surface area contributed by atoms with Crippen LogP contribution in [0.3, 0.4) is 0 Å². The topological polar surface area (TPSA) is 65.6 Å². The summed E-state index contributed by atoms with van der Waals surface area (Å²) in [7, 11) is 1.73. The van der Waals surface area contributed by atoms with Crippen LogP contribution in [0.2, 0.25) is 5.02 Å². The average Bonchev–Trinajstić information content (AvgIpc) is 3.47. The number of nitrogens with zero attached hydrogens (tertiary/aromatic N) is 2. The van der Waals surface area contributed by atoms with Gasteiger partial charge >= 0.3 is 0 Å². The Bertz CT molecular complexity index is 1130. The second kappa shape index (κ2) is 6.81. The molecular formula is C22H20ClN3O3. The highest BCUT2D eigenvalue weighted by Gasteiger charge is 2.43. The first kappa shape index (κ1) is 18.1. The van der Waals surface area contributed by atoms with E-state index in [-0.39, 0.29) is 17.9 Å². The second-order valence-electron chi connectivity index (χ2n) is 7.60. The minimum atomic E-state index is -0.119. The van der Waals surface area contributed by atoms with Gasteiger partial charge in [-0.3, -0.25) is 9.59 Å². The normalized spacial score (nSPS) is 20.5. The summed E-state index contributed by atoms with van der Waals surface area (Å²) in [5.41, 5.74) is 2.95. The molecule has 6 nitrogen and oxygen atoms in total. The van der Waals surface area contributed by atoms with Crippen molar-refractivity contribution in [2.24, 2.45) is 0 Å². The van der Waals surface area contributed by atoms with Crippen LogP contribution >= 0.6 is 11.6 Å². The minimum Gasteiger partial charge on any atom is -0.458 e. The molecule has 1 saturated heterocycles. The smallest absolute Gasteiger partial charge is 0.246 e. The van der Waals surface area contributed by atoms with Gasteiger partial charge in [-0.25, -0.2) is 0 Å². The number of allylic oxidation sites excluding steroid dienone is 2. The SMILES string of the molecule is CN(Cc1oc2ccccc2c1Cl)C(=O)/C=C/C1=CC2=C(NC(=O)CC2)N2CC12. The highest BCUT2D eigenvalue weighted by molar-refractivity contribution is 6.36. The van der Waals surface area contributed by atoms with Crippen molar-refractivity contribution in [3.63, 3.8) is 0 Å². The molecule has 5 rings (SSSR count). The largest absolute Gasteiger partial charge is 0.458 e. The zero-order chi connectivity index (χ0) is 20.1. The molecule has 4 heterocycles. The number of hydrogen-bond acceptors (Lipinski definition) is 4. The standard InChI is InChI=1S/C22H20ClN3O3/c1-25(12-18-21(23)15-4-2-3-5-17(15)29-18)20(28)9-7-13-10-14-6-8-19(27)24-22(14)26-11-16(13)26/h2-5,7,9-10,16H,6,8,11-12H2,1H3,(H,24,27)/b9-7+. The van der Waals surface area contributed by atoms with Crippen LogP contribution in [0.15, 0.2) is 63.9 Å². The number of carbonyl (C=O) groups is 2. The number of amides is 2. The fourth-order valence-corrected chi connectivity index (χ4v) is 4.18. The number of likely N-dealkylation sites (N-methyl/N-ethyl adjacent to an activating group) is 1. The maximum atomic E-state index is 12.6. The second-order valence-corrected chi connectivity index (χ2v) is 7.98. The van der Waals surface area contributed by atoms with Crippen LogP contribution in [-0.4, -0.2) is 41.2 Å². The Morgan fingerprint density at radius 3 is 3.03 bits per heavy atom. The van der Waals surface area contributed by atoms with E-state index in [9.17, 15) is 9.59 Å². The zero-order valence-corrected chi connectivity index (χ0v) is 16.7. The molecule has 0 saturated carbocycles. The van der Waals surface area contributed by atoms with Crippen LogP contribution in [0.1, 0.15) is 18.6 Å². The van der Waals surface area contributed by atoms with E-state index in [0.717, 1.165) is 35.3 Å². The molecule has 0 aliphatic carbocycles. The Hall–Kier alpha value is -2.99. The zero-order valence-electron chi connectivity index (χ0n) is 15.9. The number of benzene rings is 1. The number of halogens is 1. The quantitative estimate of drug-likeness (QED) is 0.621. The molecule has 0 bridgehead atoms. The van der Waals surface area contributed by atoms with E-state index in [1.165, 1.54) is 0 Å². The first-order valence-electron chi connectivity index (χ1n) is 9.61. The Morgan fingerprint density at radius 2 is 2.21 bits per heavy atom. The predicted octanol–water partition coefficient (Wildman–Crippen LogP) is 3.35. The van der Waals surface area contributed by atoms with Gasteiger partial charge in [0.1, 0.15) is 17.2 Å². The fourth-order valence-electron chi connectivity index (χ4n) is 3.92. The highest BCUT2D eigenvalue weighted by Crippen LogP contribution is 2.39. The summed E-state index contributed by atoms with van der Waals surface area (Å²) < 4.78 is 5.80. The van der Waals surface area contributed by atoms with Crippen molar-refractivity contribution in [3.8, 4) is 0 Å². The highest BCUT2D eigenvalue weighted by atomic mass is 35.5. The maximum Gasteiger partial charge on any atom is 0.246 e. The molecule has 1 aromatic carbocycles. The van der Waals surface area contributed by atoms with Crippen molar-refractivity contribution in [3.05, 3.63) is 70.2 Å². The Balaban J connectivity index is 1.29. The summed E-state index contributed by atoms with van der Waals surface area (Å²) in [4.78, 5) is 28.0. The first-order chi connectivity index (χ1) is 14.0. The predicted molar refractivity (Wildman–Crippen MR) is 110 cm³/mol. The molecular weight excluding hydrogens is 390 g/mol. The molecule has 0 radical (unpaired) electrons. The van der Waals surface area contributed by atoms with Crippen molar-refractivity contribution in [1.29, 1.82) is 0 Å². The van der Waals surface area contributed by atoms with E-state index in [1.807, 2.05) is 30.3 Å². The summed E-state index contributed by atoms with van der Waals surface area (Å²) in [5.74, 6) is 1.47. The summed E-state index contributed by atoms with van der Waals surface area (Å²) in [6.45, 7) is 1.17. The third-order valence-electron chi connectivity index (χ3n) is 5.59. The molecule has 1 aromatic heterocycles. The lowest BCUT2D eigenvalue weighted by Gasteiger charge is -2.25. The Kier molecular flexibility index (Phi) is 4.24. The van der Waals surface area contributed by atoms with Crippen LogP contribution in [0.25, 0.3) is 11.0 Å². The van der Waals surface area contributed by atoms with Crippen molar-refractivity contribution < 1.29 is 14.0 Å². The number of furan rings is 1. The minimum absolute atomic E-state index is 0.0721. The lowest BCUT2D eigenvalue weighted by molar-refractivity contribution is -0.125. The number of fused-ring (bicyclic) bond motifs is 3. The molecule has 0 spiro atoms. The number of nitrogens with one attached hydrogen (secondary N) is 1. The first-order valence-corrected chi connectivity index (χ1v) is 9.99. The molecule has 1 atom stereocenters. The molecule has 2 amide bonds. The molecule has 7 heteroatoms. The van der Waals surface area contributed by atoms with E-state index < -0.39 is 0 Å². The van der Waals surface area contributed by atoms with Gasteiger partial charge in [0.2, 0.25) is 11.8 Å². The molecule has 1 unspecified atom stereocenters. The van der Waals surface area contributed by atoms with Crippen LogP contribution in [-0.2, 0) is 16.1 Å². The van der Waals surface area contributed by atoms with E-state index in [4.69, 9.17) is 16.0 Å². The van der Waals surface area contributed by atoms with Gasteiger partial charge < -0.3 is 19.5 Å². The molecule has 3 aliphatic heterocycles.